The van der Waals surface area contributed by atoms with Gasteiger partial charge in [0.25, 0.3) is 0 Å². The molecule has 0 heterocycles. The van der Waals surface area contributed by atoms with Crippen molar-refractivity contribution in [2.45, 2.75) is 97.6 Å². The van der Waals surface area contributed by atoms with Crippen LogP contribution in [0.4, 0.5) is 34.1 Å². The van der Waals surface area contributed by atoms with Crippen LogP contribution < -0.4 is 20.2 Å². The molecule has 1 aliphatic carbocycles. The molecule has 0 radical (unpaired) electrons. The number of nitrogens with zero attached hydrogens (tertiary/aromatic N) is 2. The highest BCUT2D eigenvalue weighted by molar-refractivity contribution is 6.89. The molecule has 392 valence electrons. The van der Waals surface area contributed by atoms with Crippen LogP contribution in [0.2, 0.25) is 39.3 Å². The summed E-state index contributed by atoms with van der Waals surface area (Å²) in [6.07, 6.45) is 0. The maximum absolute atomic E-state index is 2.55. The lowest BCUT2D eigenvalue weighted by molar-refractivity contribution is 0.590. The van der Waals surface area contributed by atoms with E-state index in [4.69, 9.17) is 0 Å². The SMILES string of the molecule is CC(C)(C)c1ccc(N(c2ccc(-c3ccc(N(c4ccc(C(C)(C)C)cc4)c4ccc([Si](C)(C)C)cc4)cc3C3c4ccccc4-c4cc5c6ccccc6c6ccccc6c5cc43)cc2)c2ccc([Si](C)(C)C)cc2)cc1. The van der Waals surface area contributed by atoms with Crippen LogP contribution in [-0.4, -0.2) is 16.1 Å². The van der Waals surface area contributed by atoms with Gasteiger partial charge in [-0.1, -0.05) is 231 Å². The number of rotatable bonds is 10. The Kier molecular flexibility index (Phi) is 12.9. The quantitative estimate of drug-likeness (QED) is 0.0995. The molecular formula is C75H74N2Si2. The Hall–Kier alpha value is -7.77. The molecule has 0 amide bonds. The van der Waals surface area contributed by atoms with Crippen molar-refractivity contribution in [1.82, 2.24) is 0 Å². The zero-order valence-corrected chi connectivity index (χ0v) is 50.3. The van der Waals surface area contributed by atoms with Crippen LogP contribution in [0.25, 0.3) is 54.6 Å². The largest absolute Gasteiger partial charge is 0.311 e. The van der Waals surface area contributed by atoms with Crippen molar-refractivity contribution in [3.05, 3.63) is 252 Å². The fraction of sp³-hybridized carbons (Fsp3) is 0.200. The van der Waals surface area contributed by atoms with Gasteiger partial charge in [-0.25, -0.2) is 0 Å². The van der Waals surface area contributed by atoms with Crippen LogP contribution in [0.1, 0.15) is 75.3 Å². The molecule has 0 spiro atoms. The summed E-state index contributed by atoms with van der Waals surface area (Å²) in [5.41, 5.74) is 18.6. The topological polar surface area (TPSA) is 6.48 Å². The summed E-state index contributed by atoms with van der Waals surface area (Å²) in [6.45, 7) is 28.3. The Labute approximate surface area is 472 Å². The number of hydrogen-bond acceptors (Lipinski definition) is 2. The van der Waals surface area contributed by atoms with Gasteiger partial charge in [0.15, 0.2) is 0 Å². The first-order valence-electron chi connectivity index (χ1n) is 28.4. The highest BCUT2D eigenvalue weighted by Crippen LogP contribution is 2.54. The Morgan fingerprint density at radius 1 is 0.291 bits per heavy atom. The van der Waals surface area contributed by atoms with Gasteiger partial charge in [-0.2, -0.15) is 0 Å². The van der Waals surface area contributed by atoms with Gasteiger partial charge in [-0.3, -0.25) is 0 Å². The maximum atomic E-state index is 2.55. The summed E-state index contributed by atoms with van der Waals surface area (Å²) < 4.78 is 0. The molecule has 11 aromatic rings. The molecule has 0 saturated carbocycles. The number of fused-ring (bicyclic) bond motifs is 9. The molecule has 4 heteroatoms. The minimum absolute atomic E-state index is 0.0317. The Balaban J connectivity index is 1.08. The van der Waals surface area contributed by atoms with E-state index in [1.165, 1.54) is 92.8 Å². The zero-order chi connectivity index (χ0) is 55.2. The van der Waals surface area contributed by atoms with Gasteiger partial charge in [0.2, 0.25) is 0 Å². The molecule has 1 aliphatic rings. The highest BCUT2D eigenvalue weighted by Gasteiger charge is 2.34. The molecule has 1 atom stereocenters. The first-order valence-corrected chi connectivity index (χ1v) is 35.4. The molecule has 0 aromatic heterocycles. The molecule has 0 bridgehead atoms. The van der Waals surface area contributed by atoms with Gasteiger partial charge < -0.3 is 9.80 Å². The van der Waals surface area contributed by atoms with Crippen LogP contribution in [0.3, 0.4) is 0 Å². The normalized spacial score (nSPS) is 13.7. The number of hydrogen-bond donors (Lipinski definition) is 0. The summed E-state index contributed by atoms with van der Waals surface area (Å²) in [4.78, 5) is 4.90. The van der Waals surface area contributed by atoms with E-state index >= 15 is 0 Å². The monoisotopic (exact) mass is 1060 g/mol. The van der Waals surface area contributed by atoms with Gasteiger partial charge >= 0.3 is 0 Å². The molecule has 79 heavy (non-hydrogen) atoms. The summed E-state index contributed by atoms with van der Waals surface area (Å²) in [6, 6.07) is 86.2. The maximum Gasteiger partial charge on any atom is 0.0775 e. The van der Waals surface area contributed by atoms with Crippen LogP contribution >= 0.6 is 0 Å². The fourth-order valence-corrected chi connectivity index (χ4v) is 14.6. The molecular weight excluding hydrogens is 985 g/mol. The first kappa shape index (κ1) is 52.0. The van der Waals surface area contributed by atoms with Crippen LogP contribution in [0, 0.1) is 0 Å². The lowest BCUT2D eigenvalue weighted by atomic mass is 9.82. The van der Waals surface area contributed by atoms with Gasteiger partial charge in [0.05, 0.1) is 16.1 Å². The highest BCUT2D eigenvalue weighted by atomic mass is 28.3. The van der Waals surface area contributed by atoms with E-state index in [0.717, 1.165) is 34.1 Å². The van der Waals surface area contributed by atoms with E-state index in [2.05, 4.69) is 315 Å². The van der Waals surface area contributed by atoms with Crippen molar-refractivity contribution >= 4 is 93.0 Å². The molecule has 0 fully saturated rings. The third kappa shape index (κ3) is 9.63. The van der Waals surface area contributed by atoms with E-state index in [9.17, 15) is 0 Å². The van der Waals surface area contributed by atoms with Gasteiger partial charge in [-0.05, 0) is 178 Å². The van der Waals surface area contributed by atoms with Crippen molar-refractivity contribution in [2.24, 2.45) is 0 Å². The summed E-state index contributed by atoms with van der Waals surface area (Å²) in [5, 5.41) is 10.7. The second-order valence-corrected chi connectivity index (χ2v) is 36.4. The molecule has 1 unspecified atom stereocenters. The minimum Gasteiger partial charge on any atom is -0.311 e. The summed E-state index contributed by atoms with van der Waals surface area (Å²) in [7, 11) is -3.07. The summed E-state index contributed by atoms with van der Waals surface area (Å²) >= 11 is 0. The van der Waals surface area contributed by atoms with Crippen molar-refractivity contribution in [3.8, 4) is 22.3 Å². The number of anilines is 6. The lowest BCUT2D eigenvalue weighted by Crippen LogP contribution is -2.37. The first-order chi connectivity index (χ1) is 37.7. The van der Waals surface area contributed by atoms with Gasteiger partial charge in [0.1, 0.15) is 0 Å². The van der Waals surface area contributed by atoms with E-state index in [1.807, 2.05) is 0 Å². The Morgan fingerprint density at radius 3 is 1.09 bits per heavy atom. The fourth-order valence-electron chi connectivity index (χ4n) is 12.3. The van der Waals surface area contributed by atoms with Gasteiger partial charge in [0, 0.05) is 40.0 Å². The third-order valence-electron chi connectivity index (χ3n) is 16.8. The smallest absolute Gasteiger partial charge is 0.0775 e. The molecule has 0 N–H and O–H groups in total. The average Bonchev–Trinajstić information content (AvgIpc) is 3.47. The lowest BCUT2D eigenvalue weighted by Gasteiger charge is -2.30. The third-order valence-corrected chi connectivity index (χ3v) is 20.9. The predicted octanol–water partition coefficient (Wildman–Crippen LogP) is 20.6. The van der Waals surface area contributed by atoms with E-state index in [1.54, 1.807) is 0 Å². The second-order valence-electron chi connectivity index (χ2n) is 26.3. The molecule has 0 aliphatic heterocycles. The van der Waals surface area contributed by atoms with Crippen LogP contribution in [-0.2, 0) is 10.8 Å². The predicted molar refractivity (Wildman–Crippen MR) is 350 cm³/mol. The molecule has 2 nitrogen and oxygen atoms in total. The molecule has 12 rings (SSSR count). The number of benzene rings is 11. The van der Waals surface area contributed by atoms with Gasteiger partial charge in [-0.15, -0.1) is 0 Å². The Morgan fingerprint density at radius 2 is 0.646 bits per heavy atom. The average molecular weight is 1060 g/mol. The van der Waals surface area contributed by atoms with E-state index < -0.39 is 16.1 Å². The van der Waals surface area contributed by atoms with E-state index in [0.29, 0.717) is 0 Å². The summed E-state index contributed by atoms with van der Waals surface area (Å²) in [5.74, 6) is -0.0439. The van der Waals surface area contributed by atoms with Crippen molar-refractivity contribution in [2.75, 3.05) is 9.80 Å². The van der Waals surface area contributed by atoms with Crippen LogP contribution in [0.5, 0.6) is 0 Å². The zero-order valence-electron chi connectivity index (χ0n) is 48.3. The minimum atomic E-state index is -1.56. The van der Waals surface area contributed by atoms with Crippen LogP contribution in [0.15, 0.2) is 224 Å². The molecule has 0 saturated heterocycles. The van der Waals surface area contributed by atoms with E-state index in [-0.39, 0.29) is 16.7 Å². The standard InChI is InChI=1S/C75H74N2Si2/c1-74(2,3)51-27-33-54(34-28-51)76(56-37-42-59(43-38-56)78(7,8)9)53-31-25-50(26-32-53)61-46-41-58(77(55-35-29-52(30-36-55)75(4,5)6)57-39-44-60(45-40-57)79(10,11)12)47-71(61)73-67-24-18-17-23-66(67)70-48-68-64-21-15-13-19-62(64)63-20-14-16-22-65(63)69(68)49-72(70)73/h13-49,73H,1-12H3. The van der Waals surface area contributed by atoms with Crippen molar-refractivity contribution in [3.63, 3.8) is 0 Å². The Bertz CT molecular complexity index is 3960. The van der Waals surface area contributed by atoms with Crippen molar-refractivity contribution in [1.29, 1.82) is 0 Å². The molecule has 11 aromatic carbocycles. The van der Waals surface area contributed by atoms with Crippen molar-refractivity contribution < 1.29 is 0 Å². The second kappa shape index (κ2) is 19.5.